The number of nitrogens with zero attached hydrogens (tertiary/aromatic N) is 1. The number of rotatable bonds is 3. The van der Waals surface area contributed by atoms with Crippen LogP contribution >= 0.6 is 0 Å². The van der Waals surface area contributed by atoms with Crippen LogP contribution in [0.4, 0.5) is 17.6 Å². The first-order chi connectivity index (χ1) is 7.36. The monoisotopic (exact) mass is 242 g/mol. The Morgan fingerprint density at radius 1 is 1.44 bits per heavy atom. The van der Waals surface area contributed by atoms with Crippen LogP contribution in [0.15, 0.2) is 0 Å². The summed E-state index contributed by atoms with van der Waals surface area (Å²) in [5, 5.41) is 2.74. The third-order valence-electron chi connectivity index (χ3n) is 2.62. The van der Waals surface area contributed by atoms with Crippen LogP contribution in [-0.4, -0.2) is 49.3 Å². The summed E-state index contributed by atoms with van der Waals surface area (Å²) in [5.41, 5.74) is 0. The van der Waals surface area contributed by atoms with Gasteiger partial charge in [-0.05, 0) is 6.92 Å². The normalized spacial score (nSPS) is 25.8. The van der Waals surface area contributed by atoms with Gasteiger partial charge in [0.05, 0.1) is 0 Å². The zero-order valence-corrected chi connectivity index (χ0v) is 8.85. The molecule has 1 fully saturated rings. The van der Waals surface area contributed by atoms with Crippen LogP contribution in [0.5, 0.6) is 0 Å². The molecule has 0 radical (unpaired) electrons. The average molecular weight is 242 g/mol. The van der Waals surface area contributed by atoms with Crippen LogP contribution in [0.25, 0.3) is 0 Å². The van der Waals surface area contributed by atoms with Gasteiger partial charge in [0, 0.05) is 32.1 Å². The Morgan fingerprint density at radius 3 is 2.44 bits per heavy atom. The Hall–Kier alpha value is -0.850. The van der Waals surface area contributed by atoms with Gasteiger partial charge in [-0.2, -0.15) is 13.2 Å². The number of alkyl halides is 4. The van der Waals surface area contributed by atoms with Crippen molar-refractivity contribution < 1.29 is 22.4 Å². The molecule has 2 unspecified atom stereocenters. The molecule has 7 heteroatoms. The number of hydrogen-bond donors (Lipinski definition) is 1. The minimum absolute atomic E-state index is 0.0679. The van der Waals surface area contributed by atoms with Gasteiger partial charge in [0.2, 0.25) is 0 Å². The summed E-state index contributed by atoms with van der Waals surface area (Å²) < 4.78 is 49.6. The first-order valence-electron chi connectivity index (χ1n) is 5.07. The van der Waals surface area contributed by atoms with E-state index >= 15 is 0 Å². The maximum atomic E-state index is 13.2. The highest BCUT2D eigenvalue weighted by Gasteiger charge is 2.43. The van der Waals surface area contributed by atoms with E-state index in [1.54, 1.807) is 0 Å². The van der Waals surface area contributed by atoms with Crippen molar-refractivity contribution in [3.05, 3.63) is 0 Å². The lowest BCUT2D eigenvalue weighted by Crippen LogP contribution is -2.44. The Morgan fingerprint density at radius 2 is 2.06 bits per heavy atom. The second-order valence-corrected chi connectivity index (χ2v) is 3.78. The molecule has 1 aliphatic rings. The van der Waals surface area contributed by atoms with Crippen LogP contribution in [0, 0.1) is 5.92 Å². The van der Waals surface area contributed by atoms with E-state index in [1.807, 2.05) is 0 Å². The van der Waals surface area contributed by atoms with E-state index in [2.05, 4.69) is 5.32 Å². The summed E-state index contributed by atoms with van der Waals surface area (Å²) in [7, 11) is 0. The van der Waals surface area contributed by atoms with Gasteiger partial charge < -0.3 is 10.2 Å². The van der Waals surface area contributed by atoms with Crippen LogP contribution in [0.1, 0.15) is 6.92 Å². The van der Waals surface area contributed by atoms with Crippen molar-refractivity contribution in [3.8, 4) is 0 Å². The predicted octanol–water partition coefficient (Wildman–Crippen LogP) is 0.955. The smallest absolute Gasteiger partial charge is 0.335 e. The van der Waals surface area contributed by atoms with Gasteiger partial charge in [-0.1, -0.05) is 0 Å². The van der Waals surface area contributed by atoms with Crippen LogP contribution in [0.3, 0.4) is 0 Å². The summed E-state index contributed by atoms with van der Waals surface area (Å²) in [6.45, 7) is 1.63. The summed E-state index contributed by atoms with van der Waals surface area (Å²) in [4.78, 5) is 11.6. The predicted molar refractivity (Wildman–Crippen MR) is 49.6 cm³/mol. The van der Waals surface area contributed by atoms with E-state index in [-0.39, 0.29) is 19.6 Å². The van der Waals surface area contributed by atoms with Gasteiger partial charge in [-0.3, -0.25) is 4.79 Å². The van der Waals surface area contributed by atoms with E-state index in [0.717, 1.165) is 0 Å². The highest BCUT2D eigenvalue weighted by atomic mass is 19.4. The molecule has 1 heterocycles. The quantitative estimate of drug-likeness (QED) is 0.747. The third-order valence-corrected chi connectivity index (χ3v) is 2.62. The highest BCUT2D eigenvalue weighted by molar-refractivity contribution is 5.81. The van der Waals surface area contributed by atoms with Crippen molar-refractivity contribution in [2.24, 2.45) is 5.92 Å². The number of carbonyl (C=O) groups is 1. The lowest BCUT2D eigenvalue weighted by Gasteiger charge is -2.25. The number of nitrogens with one attached hydrogen (secondary N) is 1. The van der Waals surface area contributed by atoms with Crippen LogP contribution in [0.2, 0.25) is 0 Å². The Kier molecular flexibility index (Phi) is 4.12. The molecule has 0 aromatic rings. The molecule has 94 valence electrons. The van der Waals surface area contributed by atoms with E-state index in [4.69, 9.17) is 0 Å². The molecule has 2 atom stereocenters. The summed E-state index contributed by atoms with van der Waals surface area (Å²) >= 11 is 0. The molecule has 3 nitrogen and oxygen atoms in total. The maximum Gasteiger partial charge on any atom is 0.471 e. The van der Waals surface area contributed by atoms with Crippen molar-refractivity contribution in [2.75, 3.05) is 26.2 Å². The van der Waals surface area contributed by atoms with E-state index in [0.29, 0.717) is 11.4 Å². The van der Waals surface area contributed by atoms with Crippen LogP contribution in [-0.2, 0) is 4.79 Å². The minimum atomic E-state index is -4.88. The third kappa shape index (κ3) is 3.07. The molecular formula is C9H14F4N2O. The first-order valence-corrected chi connectivity index (χ1v) is 5.07. The number of carbonyl (C=O) groups excluding carboxylic acids is 1. The Bertz CT molecular complexity index is 256. The van der Waals surface area contributed by atoms with Crippen molar-refractivity contribution in [1.29, 1.82) is 0 Å². The molecule has 0 aromatic carbocycles. The molecular weight excluding hydrogens is 228 g/mol. The average Bonchev–Trinajstić information content (AvgIpc) is 2.58. The number of hydrogen-bond acceptors (Lipinski definition) is 2. The van der Waals surface area contributed by atoms with Gasteiger partial charge in [0.15, 0.2) is 0 Å². The van der Waals surface area contributed by atoms with Crippen LogP contribution < -0.4 is 5.32 Å². The molecule has 1 amide bonds. The van der Waals surface area contributed by atoms with Gasteiger partial charge in [0.1, 0.15) is 6.17 Å². The zero-order chi connectivity index (χ0) is 12.3. The van der Waals surface area contributed by atoms with E-state index in [9.17, 15) is 22.4 Å². The van der Waals surface area contributed by atoms with Gasteiger partial charge in [-0.25, -0.2) is 4.39 Å². The molecule has 0 bridgehead atoms. The molecule has 0 aliphatic carbocycles. The minimum Gasteiger partial charge on any atom is -0.335 e. The largest absolute Gasteiger partial charge is 0.471 e. The summed E-state index contributed by atoms with van der Waals surface area (Å²) in [6, 6.07) is 0. The summed E-state index contributed by atoms with van der Waals surface area (Å²) in [5.74, 6) is -2.44. The molecule has 0 aromatic heterocycles. The number of amides is 1. The fraction of sp³-hybridized carbons (Fsp3) is 0.889. The topological polar surface area (TPSA) is 32.3 Å². The fourth-order valence-electron chi connectivity index (χ4n) is 1.70. The van der Waals surface area contributed by atoms with Gasteiger partial charge in [-0.15, -0.1) is 0 Å². The van der Waals surface area contributed by atoms with Gasteiger partial charge >= 0.3 is 12.1 Å². The molecule has 0 spiro atoms. The lowest BCUT2D eigenvalue weighted by molar-refractivity contribution is -0.186. The number of halogens is 4. The lowest BCUT2D eigenvalue weighted by atomic mass is 10.1. The molecule has 1 rings (SSSR count). The van der Waals surface area contributed by atoms with Crippen molar-refractivity contribution in [1.82, 2.24) is 10.2 Å². The standard InChI is InChI=1S/C9H14F4N2O/c1-2-15(8(16)9(11,12)13)5-6-3-14-4-7(6)10/h6-7,14H,2-5H2,1H3. The highest BCUT2D eigenvalue weighted by Crippen LogP contribution is 2.21. The Balaban J connectivity index is 2.58. The zero-order valence-electron chi connectivity index (χ0n) is 8.85. The second-order valence-electron chi connectivity index (χ2n) is 3.78. The first kappa shape index (κ1) is 13.2. The maximum absolute atomic E-state index is 13.2. The fourth-order valence-corrected chi connectivity index (χ4v) is 1.70. The summed E-state index contributed by atoms with van der Waals surface area (Å²) in [6.07, 6.45) is -6.07. The van der Waals surface area contributed by atoms with Crippen molar-refractivity contribution in [3.63, 3.8) is 0 Å². The molecule has 1 aliphatic heterocycles. The van der Waals surface area contributed by atoms with Gasteiger partial charge in [0.25, 0.3) is 0 Å². The Labute approximate surface area is 90.8 Å². The molecule has 1 saturated heterocycles. The second kappa shape index (κ2) is 4.99. The molecule has 1 N–H and O–H groups in total. The molecule has 16 heavy (non-hydrogen) atoms. The van der Waals surface area contributed by atoms with E-state index in [1.165, 1.54) is 6.92 Å². The SMILES string of the molecule is CCN(CC1CNCC1F)C(=O)C(F)(F)F. The molecule has 0 saturated carbocycles. The van der Waals surface area contributed by atoms with E-state index < -0.39 is 24.2 Å². The van der Waals surface area contributed by atoms with Crippen molar-refractivity contribution >= 4 is 5.91 Å². The van der Waals surface area contributed by atoms with Crippen molar-refractivity contribution in [2.45, 2.75) is 19.3 Å².